The summed E-state index contributed by atoms with van der Waals surface area (Å²) in [5.74, 6) is 0.0644. The van der Waals surface area contributed by atoms with Gasteiger partial charge in [0, 0.05) is 17.0 Å². The SMILES string of the molecule is Cc1ccc(CC(=O)c2cc(Br)sc2Br)c(Cl)c1. The summed E-state index contributed by atoms with van der Waals surface area (Å²) in [4.78, 5) is 12.2. The van der Waals surface area contributed by atoms with Gasteiger partial charge >= 0.3 is 0 Å². The molecular weight excluding hydrogens is 399 g/mol. The third-order valence-electron chi connectivity index (χ3n) is 2.52. The van der Waals surface area contributed by atoms with Gasteiger partial charge in [-0.2, -0.15) is 0 Å². The van der Waals surface area contributed by atoms with Gasteiger partial charge in [-0.25, -0.2) is 0 Å². The monoisotopic (exact) mass is 406 g/mol. The normalized spacial score (nSPS) is 10.7. The fraction of sp³-hybridized carbons (Fsp3) is 0.154. The summed E-state index contributed by atoms with van der Waals surface area (Å²) in [5.41, 5.74) is 2.65. The molecular formula is C13H9Br2ClOS. The van der Waals surface area contributed by atoms with Crippen molar-refractivity contribution in [2.24, 2.45) is 0 Å². The van der Waals surface area contributed by atoms with Crippen LogP contribution in [0.3, 0.4) is 0 Å². The number of halogens is 3. The van der Waals surface area contributed by atoms with Crippen molar-refractivity contribution < 1.29 is 4.79 Å². The Morgan fingerprint density at radius 3 is 2.61 bits per heavy atom. The zero-order valence-corrected chi connectivity index (χ0v) is 14.2. The van der Waals surface area contributed by atoms with Crippen LogP contribution < -0.4 is 0 Å². The van der Waals surface area contributed by atoms with E-state index in [1.807, 2.05) is 31.2 Å². The number of ketones is 1. The third kappa shape index (κ3) is 3.23. The Morgan fingerprint density at radius 2 is 2.06 bits per heavy atom. The quantitative estimate of drug-likeness (QED) is 0.599. The van der Waals surface area contributed by atoms with E-state index in [1.54, 1.807) is 0 Å². The first-order valence-electron chi connectivity index (χ1n) is 5.20. The van der Waals surface area contributed by atoms with Crippen LogP contribution >= 0.6 is 54.8 Å². The molecule has 0 aliphatic heterocycles. The van der Waals surface area contributed by atoms with Crippen LogP contribution in [0.4, 0.5) is 0 Å². The van der Waals surface area contributed by atoms with Gasteiger partial charge in [0.1, 0.15) is 0 Å². The fourth-order valence-corrected chi connectivity index (χ4v) is 4.75. The first kappa shape index (κ1) is 14.3. The van der Waals surface area contributed by atoms with Crippen LogP contribution in [-0.2, 0) is 6.42 Å². The van der Waals surface area contributed by atoms with E-state index in [2.05, 4.69) is 31.9 Å². The number of aryl methyl sites for hydroxylation is 1. The summed E-state index contributed by atoms with van der Waals surface area (Å²) >= 11 is 14.4. The zero-order chi connectivity index (χ0) is 13.3. The maximum absolute atomic E-state index is 12.2. The van der Waals surface area contributed by atoms with Crippen LogP contribution in [0, 0.1) is 6.92 Å². The maximum Gasteiger partial charge on any atom is 0.169 e. The Balaban J connectivity index is 2.24. The highest BCUT2D eigenvalue weighted by Crippen LogP contribution is 2.33. The Labute approximate surface area is 131 Å². The molecule has 0 bridgehead atoms. The van der Waals surface area contributed by atoms with E-state index < -0.39 is 0 Å². The average Bonchev–Trinajstić information content (AvgIpc) is 2.62. The standard InChI is InChI=1S/C13H9Br2ClOS/c1-7-2-3-8(10(16)4-7)5-11(17)9-6-12(14)18-13(9)15/h2-4,6H,5H2,1H3. The summed E-state index contributed by atoms with van der Waals surface area (Å²) in [7, 11) is 0. The van der Waals surface area contributed by atoms with Crippen molar-refractivity contribution in [1.82, 2.24) is 0 Å². The molecule has 0 radical (unpaired) electrons. The van der Waals surface area contributed by atoms with Gasteiger partial charge in [0.05, 0.1) is 7.57 Å². The van der Waals surface area contributed by atoms with Crippen LogP contribution in [0.1, 0.15) is 21.5 Å². The van der Waals surface area contributed by atoms with Crippen LogP contribution in [0.15, 0.2) is 31.8 Å². The Kier molecular flexibility index (Phi) is 4.64. The van der Waals surface area contributed by atoms with Gasteiger partial charge in [-0.05, 0) is 62.0 Å². The molecule has 1 aromatic carbocycles. The second-order valence-corrected chi connectivity index (χ2v) is 8.09. The Hall–Kier alpha value is -0.160. The van der Waals surface area contributed by atoms with Crippen molar-refractivity contribution in [1.29, 1.82) is 0 Å². The van der Waals surface area contributed by atoms with Gasteiger partial charge in [-0.3, -0.25) is 4.79 Å². The van der Waals surface area contributed by atoms with E-state index in [-0.39, 0.29) is 5.78 Å². The molecule has 0 unspecified atom stereocenters. The number of hydrogen-bond acceptors (Lipinski definition) is 2. The number of carbonyl (C=O) groups is 1. The topological polar surface area (TPSA) is 17.1 Å². The minimum Gasteiger partial charge on any atom is -0.294 e. The predicted molar refractivity (Wildman–Crippen MR) is 83.9 cm³/mol. The molecule has 0 aliphatic rings. The smallest absolute Gasteiger partial charge is 0.169 e. The maximum atomic E-state index is 12.2. The highest BCUT2D eigenvalue weighted by atomic mass is 79.9. The molecule has 1 nitrogen and oxygen atoms in total. The molecule has 0 spiro atoms. The first-order chi connectivity index (χ1) is 8.47. The molecule has 2 aromatic rings. The molecule has 5 heteroatoms. The van der Waals surface area contributed by atoms with Crippen LogP contribution in [0.2, 0.25) is 5.02 Å². The average molecular weight is 409 g/mol. The van der Waals surface area contributed by atoms with Crippen molar-refractivity contribution >= 4 is 60.6 Å². The summed E-state index contributed by atoms with van der Waals surface area (Å²) in [6.45, 7) is 1.98. The molecule has 0 atom stereocenters. The van der Waals surface area contributed by atoms with Gasteiger partial charge in [-0.15, -0.1) is 11.3 Å². The number of hydrogen-bond donors (Lipinski definition) is 0. The van der Waals surface area contributed by atoms with Gasteiger partial charge in [0.2, 0.25) is 0 Å². The molecule has 0 aliphatic carbocycles. The molecule has 1 aromatic heterocycles. The second-order valence-electron chi connectivity index (χ2n) is 3.93. The minimum absolute atomic E-state index is 0.0644. The molecule has 0 N–H and O–H groups in total. The lowest BCUT2D eigenvalue weighted by atomic mass is 10.0. The summed E-state index contributed by atoms with van der Waals surface area (Å²) in [6.07, 6.45) is 0.320. The summed E-state index contributed by atoms with van der Waals surface area (Å²) in [6, 6.07) is 7.58. The molecule has 0 amide bonds. The van der Waals surface area contributed by atoms with E-state index in [0.29, 0.717) is 17.0 Å². The van der Waals surface area contributed by atoms with E-state index in [4.69, 9.17) is 11.6 Å². The highest BCUT2D eigenvalue weighted by Gasteiger charge is 2.15. The molecule has 1 heterocycles. The molecule has 0 fully saturated rings. The minimum atomic E-state index is 0.0644. The second kappa shape index (κ2) is 5.87. The molecule has 2 rings (SSSR count). The van der Waals surface area contributed by atoms with Crippen molar-refractivity contribution in [3.63, 3.8) is 0 Å². The number of rotatable bonds is 3. The summed E-state index contributed by atoms with van der Waals surface area (Å²) in [5, 5.41) is 0.647. The first-order valence-corrected chi connectivity index (χ1v) is 7.98. The van der Waals surface area contributed by atoms with Crippen LogP contribution in [0.25, 0.3) is 0 Å². The largest absolute Gasteiger partial charge is 0.294 e. The van der Waals surface area contributed by atoms with Crippen molar-refractivity contribution in [3.05, 3.63) is 53.6 Å². The number of Topliss-reactive ketones (excluding diaryl/α,β-unsaturated/α-hetero) is 1. The van der Waals surface area contributed by atoms with Gasteiger partial charge in [0.25, 0.3) is 0 Å². The van der Waals surface area contributed by atoms with E-state index in [1.165, 1.54) is 11.3 Å². The number of carbonyl (C=O) groups excluding carboxylic acids is 1. The zero-order valence-electron chi connectivity index (χ0n) is 9.47. The predicted octanol–water partition coefficient (Wildman–Crippen LogP) is 5.66. The number of thiophene rings is 1. The fourth-order valence-electron chi connectivity index (χ4n) is 1.59. The lowest BCUT2D eigenvalue weighted by Crippen LogP contribution is -2.03. The van der Waals surface area contributed by atoms with Crippen molar-refractivity contribution in [2.45, 2.75) is 13.3 Å². The molecule has 94 valence electrons. The van der Waals surface area contributed by atoms with Gasteiger partial charge in [-0.1, -0.05) is 23.7 Å². The third-order valence-corrected chi connectivity index (χ3v) is 5.21. The van der Waals surface area contributed by atoms with Gasteiger partial charge in [0.15, 0.2) is 5.78 Å². The van der Waals surface area contributed by atoms with E-state index in [0.717, 1.165) is 18.7 Å². The highest BCUT2D eigenvalue weighted by molar-refractivity contribution is 9.12. The lowest BCUT2D eigenvalue weighted by molar-refractivity contribution is 0.0992. The Bertz CT molecular complexity index is 607. The van der Waals surface area contributed by atoms with Crippen molar-refractivity contribution in [3.8, 4) is 0 Å². The lowest BCUT2D eigenvalue weighted by Gasteiger charge is -2.04. The molecule has 18 heavy (non-hydrogen) atoms. The van der Waals surface area contributed by atoms with E-state index >= 15 is 0 Å². The molecule has 0 saturated carbocycles. The van der Waals surface area contributed by atoms with Crippen LogP contribution in [-0.4, -0.2) is 5.78 Å². The van der Waals surface area contributed by atoms with Gasteiger partial charge < -0.3 is 0 Å². The van der Waals surface area contributed by atoms with Crippen molar-refractivity contribution in [2.75, 3.05) is 0 Å². The molecule has 0 saturated heterocycles. The Morgan fingerprint density at radius 1 is 1.33 bits per heavy atom. The number of benzene rings is 1. The summed E-state index contributed by atoms with van der Waals surface area (Å²) < 4.78 is 1.79. The van der Waals surface area contributed by atoms with E-state index in [9.17, 15) is 4.79 Å². The van der Waals surface area contributed by atoms with Crippen LogP contribution in [0.5, 0.6) is 0 Å².